The molecule has 0 atom stereocenters. The molecule has 0 saturated carbocycles. The molecule has 0 aliphatic heterocycles. The van der Waals surface area contributed by atoms with Crippen LogP contribution >= 0.6 is 0 Å². The molecule has 0 N–H and O–H groups in total. The van der Waals surface area contributed by atoms with Gasteiger partial charge in [-0.3, -0.25) is 0 Å². The topological polar surface area (TPSA) is 124 Å². The van der Waals surface area contributed by atoms with Gasteiger partial charge in [0.25, 0.3) is 0 Å². The molecule has 284 valence electrons. The van der Waals surface area contributed by atoms with Crippen molar-refractivity contribution in [2.75, 3.05) is 26.4 Å². The van der Waals surface area contributed by atoms with E-state index >= 15 is 0 Å². The summed E-state index contributed by atoms with van der Waals surface area (Å²) >= 11 is 0. The van der Waals surface area contributed by atoms with Crippen molar-refractivity contribution in [3.63, 3.8) is 0 Å². The van der Waals surface area contributed by atoms with E-state index in [1.165, 1.54) is 48.5 Å². The number of esters is 4. The van der Waals surface area contributed by atoms with E-state index < -0.39 is 52.8 Å². The Labute approximate surface area is 306 Å². The summed E-state index contributed by atoms with van der Waals surface area (Å²) in [5.41, 5.74) is -0.101. The van der Waals surface area contributed by atoms with Gasteiger partial charge in [0.1, 0.15) is 11.5 Å². The molecular weight excluding hydrogens is 697 g/mol. The van der Waals surface area contributed by atoms with Gasteiger partial charge >= 0.3 is 23.9 Å². The lowest BCUT2D eigenvalue weighted by Gasteiger charge is -2.12. The van der Waals surface area contributed by atoms with Gasteiger partial charge in [-0.05, 0) is 74.2 Å². The van der Waals surface area contributed by atoms with E-state index in [9.17, 15) is 32.3 Å². The van der Waals surface area contributed by atoms with Gasteiger partial charge in [0.15, 0.2) is 11.6 Å². The average molecular weight is 741 g/mol. The molecule has 3 aromatic carbocycles. The highest BCUT2D eigenvalue weighted by atomic mass is 19.2. The Bertz CT molecular complexity index is 1670. The molecule has 0 aromatic heterocycles. The molecule has 0 heterocycles. The maximum absolute atomic E-state index is 14.8. The minimum atomic E-state index is -1.85. The van der Waals surface area contributed by atoms with Gasteiger partial charge in [0, 0.05) is 18.2 Å². The number of halogens is 3. The molecule has 0 fully saturated rings. The zero-order valence-electron chi connectivity index (χ0n) is 29.4. The summed E-state index contributed by atoms with van der Waals surface area (Å²) in [6, 6.07) is 11.8. The van der Waals surface area contributed by atoms with Crippen LogP contribution in [-0.4, -0.2) is 50.3 Å². The van der Waals surface area contributed by atoms with Crippen molar-refractivity contribution in [3.05, 3.63) is 108 Å². The molecule has 0 bridgehead atoms. The highest BCUT2D eigenvalue weighted by molar-refractivity contribution is 5.92. The number of carbonyl (C=O) groups excluding carboxylic acids is 4. The van der Waals surface area contributed by atoms with Gasteiger partial charge in [0.2, 0.25) is 17.4 Å². The Morgan fingerprint density at radius 1 is 0.528 bits per heavy atom. The second kappa shape index (κ2) is 23.1. The van der Waals surface area contributed by atoms with Crippen LogP contribution in [0, 0.1) is 17.5 Å². The maximum Gasteiger partial charge on any atom is 0.343 e. The lowest BCUT2D eigenvalue weighted by atomic mass is 10.1. The number of hydrogen-bond acceptors (Lipinski definition) is 10. The van der Waals surface area contributed by atoms with Crippen LogP contribution in [0.3, 0.4) is 0 Å². The normalized spacial score (nSPS) is 10.5. The predicted octanol–water partition coefficient (Wildman–Crippen LogP) is 8.66. The molecule has 0 saturated heterocycles. The first-order valence-electron chi connectivity index (χ1n) is 17.3. The van der Waals surface area contributed by atoms with Gasteiger partial charge in [-0.15, -0.1) is 0 Å². The monoisotopic (exact) mass is 740 g/mol. The molecule has 0 spiro atoms. The third-order valence-corrected chi connectivity index (χ3v) is 7.60. The molecular formula is C40H43F3O10. The summed E-state index contributed by atoms with van der Waals surface area (Å²) in [6.45, 7) is 8.22. The molecule has 53 heavy (non-hydrogen) atoms. The smallest absolute Gasteiger partial charge is 0.343 e. The van der Waals surface area contributed by atoms with Gasteiger partial charge in [-0.25, -0.2) is 23.6 Å². The molecule has 0 aliphatic carbocycles. The number of hydrogen-bond donors (Lipinski definition) is 0. The SMILES string of the molecule is C=CC(=O)OCCCCCCCOc1ccc(C(=O)Oc2cc(F)c(OC(=O)c3ccc(OCCCCCCCOC(=O)C=C)cc3)c(F)c2F)cc1. The summed E-state index contributed by atoms with van der Waals surface area (Å²) in [5, 5.41) is 0. The average Bonchev–Trinajstić information content (AvgIpc) is 3.17. The fraction of sp³-hybridized carbons (Fsp3) is 0.350. The van der Waals surface area contributed by atoms with Crippen molar-refractivity contribution in [1.82, 2.24) is 0 Å². The van der Waals surface area contributed by atoms with Crippen LogP contribution in [0.5, 0.6) is 23.0 Å². The Morgan fingerprint density at radius 3 is 1.36 bits per heavy atom. The van der Waals surface area contributed by atoms with Gasteiger partial charge in [0.05, 0.1) is 37.6 Å². The lowest BCUT2D eigenvalue weighted by molar-refractivity contribution is -0.138. The molecule has 3 aromatic rings. The first-order valence-corrected chi connectivity index (χ1v) is 17.3. The number of carbonyl (C=O) groups is 4. The van der Waals surface area contributed by atoms with Crippen LogP contribution in [0.2, 0.25) is 0 Å². The largest absolute Gasteiger partial charge is 0.494 e. The van der Waals surface area contributed by atoms with Crippen LogP contribution in [0.4, 0.5) is 13.2 Å². The molecule has 0 unspecified atom stereocenters. The maximum atomic E-state index is 14.8. The van der Waals surface area contributed by atoms with Crippen molar-refractivity contribution < 1.29 is 60.8 Å². The molecule has 0 aliphatic rings. The van der Waals surface area contributed by atoms with E-state index in [4.69, 9.17) is 28.4 Å². The summed E-state index contributed by atoms with van der Waals surface area (Å²) in [5.74, 6) is -9.52. The van der Waals surface area contributed by atoms with E-state index in [2.05, 4.69) is 13.2 Å². The Hall–Kier alpha value is -5.59. The first kappa shape index (κ1) is 41.8. The van der Waals surface area contributed by atoms with Crippen LogP contribution in [0.15, 0.2) is 79.9 Å². The van der Waals surface area contributed by atoms with E-state index in [1.54, 1.807) is 0 Å². The second-order valence-corrected chi connectivity index (χ2v) is 11.6. The Kier molecular flexibility index (Phi) is 18.2. The van der Waals surface area contributed by atoms with Crippen molar-refractivity contribution in [3.8, 4) is 23.0 Å². The zero-order chi connectivity index (χ0) is 38.4. The molecule has 10 nitrogen and oxygen atoms in total. The molecule has 3 rings (SSSR count). The molecule has 0 amide bonds. The predicted molar refractivity (Wildman–Crippen MR) is 189 cm³/mol. The van der Waals surface area contributed by atoms with Crippen LogP contribution in [-0.2, 0) is 19.1 Å². The highest BCUT2D eigenvalue weighted by Crippen LogP contribution is 2.32. The molecule has 0 radical (unpaired) electrons. The fourth-order valence-electron chi connectivity index (χ4n) is 4.72. The van der Waals surface area contributed by atoms with Gasteiger partial charge in [-0.2, -0.15) is 8.78 Å². The first-order chi connectivity index (χ1) is 25.6. The van der Waals surface area contributed by atoms with Crippen molar-refractivity contribution in [2.45, 2.75) is 64.2 Å². The minimum Gasteiger partial charge on any atom is -0.494 e. The number of rotatable bonds is 24. The number of unbranched alkanes of at least 4 members (excludes halogenated alkanes) is 8. The fourth-order valence-corrected chi connectivity index (χ4v) is 4.72. The van der Waals surface area contributed by atoms with Crippen LogP contribution < -0.4 is 18.9 Å². The summed E-state index contributed by atoms with van der Waals surface area (Å²) in [6.07, 6.45) is 10.8. The van der Waals surface area contributed by atoms with E-state index in [0.29, 0.717) is 44.0 Å². The van der Waals surface area contributed by atoms with Crippen LogP contribution in [0.25, 0.3) is 0 Å². The third kappa shape index (κ3) is 14.9. The van der Waals surface area contributed by atoms with Crippen molar-refractivity contribution >= 4 is 23.9 Å². The Morgan fingerprint density at radius 2 is 0.925 bits per heavy atom. The van der Waals surface area contributed by atoms with E-state index in [1.807, 2.05) is 0 Å². The second-order valence-electron chi connectivity index (χ2n) is 11.6. The lowest BCUT2D eigenvalue weighted by Crippen LogP contribution is -2.14. The minimum absolute atomic E-state index is 0.0293. The van der Waals surface area contributed by atoms with Gasteiger partial charge < -0.3 is 28.4 Å². The van der Waals surface area contributed by atoms with Crippen LogP contribution in [0.1, 0.15) is 84.9 Å². The van der Waals surface area contributed by atoms with E-state index in [0.717, 1.165) is 76.4 Å². The summed E-state index contributed by atoms with van der Waals surface area (Å²) in [4.78, 5) is 47.2. The van der Waals surface area contributed by atoms with Gasteiger partial charge in [-0.1, -0.05) is 51.7 Å². The van der Waals surface area contributed by atoms with Crippen molar-refractivity contribution in [2.24, 2.45) is 0 Å². The summed E-state index contributed by atoms with van der Waals surface area (Å²) < 4.78 is 75.3. The highest BCUT2D eigenvalue weighted by Gasteiger charge is 2.26. The molecule has 13 heteroatoms. The standard InChI is InChI=1S/C40H43F3O10/c1-3-34(44)50-25-13-9-5-7-11-23-48-30-19-15-28(16-20-30)39(46)52-33-27-32(41)38(37(43)36(33)42)53-40(47)29-17-21-31(22-18-29)49-24-12-8-6-10-14-26-51-35(45)4-2/h3-4,15-22,27H,1-2,5-14,23-26H2. The quantitative estimate of drug-likeness (QED) is 0.0290. The number of benzene rings is 3. The van der Waals surface area contributed by atoms with E-state index in [-0.39, 0.29) is 11.1 Å². The zero-order valence-corrected chi connectivity index (χ0v) is 29.4. The summed E-state index contributed by atoms with van der Waals surface area (Å²) in [7, 11) is 0. The Balaban J connectivity index is 1.40. The number of ether oxygens (including phenoxy) is 6. The third-order valence-electron chi connectivity index (χ3n) is 7.60. The van der Waals surface area contributed by atoms with Crippen molar-refractivity contribution in [1.29, 1.82) is 0 Å².